The fourth-order valence-electron chi connectivity index (χ4n) is 5.64. The molecule has 1 aliphatic rings. The Bertz CT molecular complexity index is 1710. The van der Waals surface area contributed by atoms with Crippen molar-refractivity contribution in [3.63, 3.8) is 0 Å². The second-order valence-corrected chi connectivity index (χ2v) is 14.3. The number of hydrogen-bond acceptors (Lipinski definition) is 8. The van der Waals surface area contributed by atoms with Crippen LogP contribution >= 0.6 is 0 Å². The highest BCUT2D eigenvalue weighted by molar-refractivity contribution is 5.88. The number of aliphatic hydroxyl groups excluding tert-OH is 1. The number of carbonyl (C=O) groups excluding carboxylic acids is 2. The van der Waals surface area contributed by atoms with Crippen LogP contribution in [0.15, 0.2) is 66.9 Å². The van der Waals surface area contributed by atoms with E-state index >= 15 is 0 Å². The summed E-state index contributed by atoms with van der Waals surface area (Å²) >= 11 is 0. The maximum absolute atomic E-state index is 13.9. The smallest absolute Gasteiger partial charge is 0.416 e. The minimum Gasteiger partial charge on any atom is -0.444 e. The Kier molecular flexibility index (Phi) is 10.3. The molecule has 0 bridgehead atoms. The largest absolute Gasteiger partial charge is 0.444 e. The Labute approximate surface area is 282 Å². The van der Waals surface area contributed by atoms with Gasteiger partial charge >= 0.3 is 12.2 Å². The Morgan fingerprint density at radius 3 is 2.27 bits per heavy atom. The number of rotatable bonds is 8. The van der Waals surface area contributed by atoms with Crippen molar-refractivity contribution in [3.05, 3.63) is 78.0 Å². The number of nitrogens with one attached hydrogen (secondary N) is 1. The number of anilines is 2. The van der Waals surface area contributed by atoms with Gasteiger partial charge in [0.05, 0.1) is 25.4 Å². The lowest BCUT2D eigenvalue weighted by atomic mass is 9.94. The van der Waals surface area contributed by atoms with E-state index in [4.69, 9.17) is 14.5 Å². The van der Waals surface area contributed by atoms with Crippen LogP contribution in [0.2, 0.25) is 0 Å². The zero-order chi connectivity index (χ0) is 34.6. The van der Waals surface area contributed by atoms with Gasteiger partial charge in [-0.25, -0.2) is 14.6 Å². The summed E-state index contributed by atoms with van der Waals surface area (Å²) in [6.07, 6.45) is 1.40. The molecule has 1 saturated heterocycles. The Morgan fingerprint density at radius 1 is 0.979 bits per heavy atom. The Hall–Kier alpha value is -4.64. The van der Waals surface area contributed by atoms with Crippen LogP contribution in [0.3, 0.4) is 0 Å². The van der Waals surface area contributed by atoms with Gasteiger partial charge < -0.3 is 24.8 Å². The number of piperidine rings is 1. The lowest BCUT2D eigenvalue weighted by Gasteiger charge is -2.36. The van der Waals surface area contributed by atoms with E-state index in [1.54, 1.807) is 26.6 Å². The van der Waals surface area contributed by atoms with Crippen LogP contribution in [0.5, 0.6) is 0 Å². The number of aliphatic hydroxyl groups is 1. The molecular weight excluding hydrogens is 608 g/mol. The summed E-state index contributed by atoms with van der Waals surface area (Å²) in [4.78, 5) is 34.4. The van der Waals surface area contributed by atoms with Gasteiger partial charge in [-0.2, -0.15) is 9.61 Å². The van der Waals surface area contributed by atoms with Crippen LogP contribution in [0.25, 0.3) is 16.8 Å². The number of carbonyl (C=O) groups is 2. The molecule has 11 nitrogen and oxygen atoms in total. The number of aryl methyl sites for hydroxylation is 1. The molecule has 2 atom stereocenters. The molecule has 1 fully saturated rings. The second kappa shape index (κ2) is 14.2. The number of likely N-dealkylation sites (tertiary alicyclic amines) is 1. The molecule has 48 heavy (non-hydrogen) atoms. The molecule has 5 rings (SSSR count). The maximum atomic E-state index is 13.9. The van der Waals surface area contributed by atoms with Crippen molar-refractivity contribution in [2.24, 2.45) is 5.92 Å². The third kappa shape index (κ3) is 8.63. The van der Waals surface area contributed by atoms with Crippen LogP contribution in [-0.2, 0) is 22.4 Å². The van der Waals surface area contributed by atoms with Crippen molar-refractivity contribution >= 4 is 29.5 Å². The first kappa shape index (κ1) is 34.7. The number of ether oxygens (including phenoxy) is 2. The van der Waals surface area contributed by atoms with E-state index < -0.39 is 29.5 Å². The van der Waals surface area contributed by atoms with Gasteiger partial charge in [0.1, 0.15) is 22.8 Å². The third-order valence-electron chi connectivity index (χ3n) is 8.12. The molecule has 11 heteroatoms. The van der Waals surface area contributed by atoms with Crippen molar-refractivity contribution in [3.8, 4) is 11.1 Å². The highest BCUT2D eigenvalue weighted by Crippen LogP contribution is 2.28. The fraction of sp³-hybridized carbons (Fsp3) is 0.459. The number of hydrogen-bond donors (Lipinski definition) is 2. The number of benzene rings is 2. The minimum absolute atomic E-state index is 0.120. The molecule has 2 N–H and O–H groups in total. The molecule has 0 saturated carbocycles. The van der Waals surface area contributed by atoms with Crippen LogP contribution < -0.4 is 10.2 Å². The molecule has 1 aliphatic heterocycles. The predicted octanol–water partition coefficient (Wildman–Crippen LogP) is 6.93. The number of amides is 2. The standard InChI is InChI=1S/C37H48N6O5/c1-8-26-22-39-43-32(20-31(40-33(26)43)38-21-29-18-19-41(24-30(29)44)34(45)47-36(2,3)4)42(35(46)48-37(5,6)7)23-25-14-16-28(17-15-25)27-12-10-9-11-13-27/h9-17,20,22,29-30,44H,8,18-19,21,23-24H2,1-7H3,(H,38,40)/t29-,30+/m1/s1. The van der Waals surface area contributed by atoms with Crippen molar-refractivity contribution in [2.75, 3.05) is 29.9 Å². The minimum atomic E-state index is -0.736. The Morgan fingerprint density at radius 2 is 1.65 bits per heavy atom. The molecule has 0 radical (unpaired) electrons. The van der Waals surface area contributed by atoms with Crippen LogP contribution in [0, 0.1) is 5.92 Å². The summed E-state index contributed by atoms with van der Waals surface area (Å²) in [5, 5.41) is 19.0. The first-order valence-corrected chi connectivity index (χ1v) is 16.6. The predicted molar refractivity (Wildman–Crippen MR) is 187 cm³/mol. The highest BCUT2D eigenvalue weighted by Gasteiger charge is 2.33. The van der Waals surface area contributed by atoms with Crippen LogP contribution in [-0.4, -0.2) is 73.7 Å². The second-order valence-electron chi connectivity index (χ2n) is 14.3. The van der Waals surface area contributed by atoms with Gasteiger partial charge in [-0.05, 0) is 71.1 Å². The lowest BCUT2D eigenvalue weighted by molar-refractivity contribution is -0.0104. The van der Waals surface area contributed by atoms with Crippen LogP contribution in [0.4, 0.5) is 21.2 Å². The fourth-order valence-corrected chi connectivity index (χ4v) is 5.64. The molecular formula is C37H48N6O5. The molecule has 0 unspecified atom stereocenters. The van der Waals surface area contributed by atoms with E-state index in [0.29, 0.717) is 43.2 Å². The quantitative estimate of drug-likeness (QED) is 0.210. The zero-order valence-corrected chi connectivity index (χ0v) is 29.1. The maximum Gasteiger partial charge on any atom is 0.416 e. The van der Waals surface area contributed by atoms with Gasteiger partial charge in [0.15, 0.2) is 5.65 Å². The van der Waals surface area contributed by atoms with E-state index in [1.165, 1.54) is 0 Å². The molecule has 2 aromatic heterocycles. The summed E-state index contributed by atoms with van der Waals surface area (Å²) in [5.74, 6) is 0.928. The van der Waals surface area contributed by atoms with Gasteiger partial charge in [-0.1, -0.05) is 61.5 Å². The monoisotopic (exact) mass is 656 g/mol. The summed E-state index contributed by atoms with van der Waals surface area (Å²) in [7, 11) is 0. The van der Waals surface area contributed by atoms with E-state index in [-0.39, 0.29) is 19.0 Å². The first-order valence-electron chi connectivity index (χ1n) is 16.6. The third-order valence-corrected chi connectivity index (χ3v) is 8.12. The van der Waals surface area contributed by atoms with Gasteiger partial charge in [-0.15, -0.1) is 0 Å². The van der Waals surface area contributed by atoms with Crippen molar-refractivity contribution in [1.82, 2.24) is 19.5 Å². The number of fused-ring (bicyclic) bond motifs is 1. The number of aromatic nitrogens is 3. The lowest BCUT2D eigenvalue weighted by Crippen LogP contribution is -2.49. The Balaban J connectivity index is 1.41. The molecule has 0 spiro atoms. The van der Waals surface area contributed by atoms with E-state index in [2.05, 4.69) is 34.7 Å². The average Bonchev–Trinajstić information content (AvgIpc) is 3.45. The average molecular weight is 657 g/mol. The van der Waals surface area contributed by atoms with E-state index in [1.807, 2.05) is 78.8 Å². The van der Waals surface area contributed by atoms with Crippen molar-refractivity contribution < 1.29 is 24.2 Å². The summed E-state index contributed by atoms with van der Waals surface area (Å²) in [6.45, 7) is 14.4. The molecule has 3 heterocycles. The van der Waals surface area contributed by atoms with Crippen molar-refractivity contribution in [1.29, 1.82) is 0 Å². The molecule has 256 valence electrons. The zero-order valence-electron chi connectivity index (χ0n) is 29.1. The van der Waals surface area contributed by atoms with Gasteiger partial charge in [0.2, 0.25) is 0 Å². The topological polar surface area (TPSA) is 122 Å². The molecule has 2 aromatic carbocycles. The van der Waals surface area contributed by atoms with Gasteiger partial charge in [0, 0.05) is 30.6 Å². The highest BCUT2D eigenvalue weighted by atomic mass is 16.6. The molecule has 2 amide bonds. The summed E-state index contributed by atoms with van der Waals surface area (Å²) in [5.41, 5.74) is 3.36. The first-order chi connectivity index (χ1) is 22.7. The number of nitrogens with zero attached hydrogens (tertiary/aromatic N) is 5. The van der Waals surface area contributed by atoms with E-state index in [9.17, 15) is 14.7 Å². The SMILES string of the molecule is CCc1cnn2c(N(Cc3ccc(-c4ccccc4)cc3)C(=O)OC(C)(C)C)cc(NC[C@H]3CCN(C(=O)OC(C)(C)C)C[C@@H]3O)nc12. The molecule has 4 aromatic rings. The molecule has 0 aliphatic carbocycles. The number of β-amino-alcohol motifs (C(OH)–C–C–N with tert-alkyl or cyclic N) is 1. The van der Waals surface area contributed by atoms with E-state index in [0.717, 1.165) is 22.3 Å². The van der Waals surface area contributed by atoms with Gasteiger partial charge in [0.25, 0.3) is 0 Å². The summed E-state index contributed by atoms with van der Waals surface area (Å²) < 4.78 is 13.1. The van der Waals surface area contributed by atoms with Gasteiger partial charge in [-0.3, -0.25) is 4.90 Å². The summed E-state index contributed by atoms with van der Waals surface area (Å²) in [6, 6.07) is 20.1. The van der Waals surface area contributed by atoms with Crippen LogP contribution in [0.1, 0.15) is 66.0 Å². The normalized spacial score (nSPS) is 16.9. The van der Waals surface area contributed by atoms with Crippen molar-refractivity contribution in [2.45, 2.75) is 85.2 Å².